The van der Waals surface area contributed by atoms with E-state index in [4.69, 9.17) is 4.98 Å². The van der Waals surface area contributed by atoms with E-state index in [0.29, 0.717) is 13.0 Å². The molecule has 4 aromatic rings. The first-order valence-corrected chi connectivity index (χ1v) is 12.3. The van der Waals surface area contributed by atoms with Crippen LogP contribution in [0.15, 0.2) is 65.1 Å². The molecule has 0 bridgehead atoms. The summed E-state index contributed by atoms with van der Waals surface area (Å²) in [6.45, 7) is 7.70. The number of thiazole rings is 1. The first kappa shape index (κ1) is 21.9. The molecule has 0 aliphatic carbocycles. The third kappa shape index (κ3) is 4.97. The fourth-order valence-corrected chi connectivity index (χ4v) is 5.38. The molecule has 4 rings (SSSR count). The SMILES string of the molecule is CCN(CC)CCN(C(=O)Cc1cccc2ccccc12)c1nc2ccc(Br)cc2s1. The van der Waals surface area contributed by atoms with E-state index in [1.165, 1.54) is 0 Å². The number of likely N-dealkylation sites (N-methyl/N-ethyl adjacent to an activating group) is 1. The summed E-state index contributed by atoms with van der Waals surface area (Å²) >= 11 is 5.11. The van der Waals surface area contributed by atoms with Crippen LogP contribution in [0, 0.1) is 0 Å². The van der Waals surface area contributed by atoms with Crippen molar-refractivity contribution in [3.8, 4) is 0 Å². The van der Waals surface area contributed by atoms with Gasteiger partial charge in [0.2, 0.25) is 5.91 Å². The summed E-state index contributed by atoms with van der Waals surface area (Å²) in [5.74, 6) is 0.0848. The van der Waals surface area contributed by atoms with Gasteiger partial charge < -0.3 is 4.90 Å². The lowest BCUT2D eigenvalue weighted by molar-refractivity contribution is -0.118. The zero-order valence-electron chi connectivity index (χ0n) is 17.8. The summed E-state index contributed by atoms with van der Waals surface area (Å²) < 4.78 is 2.10. The number of aromatic nitrogens is 1. The predicted octanol–water partition coefficient (Wildman–Crippen LogP) is 6.13. The highest BCUT2D eigenvalue weighted by molar-refractivity contribution is 9.10. The number of amides is 1. The molecule has 31 heavy (non-hydrogen) atoms. The number of anilines is 1. The van der Waals surface area contributed by atoms with Gasteiger partial charge in [-0.3, -0.25) is 9.69 Å². The molecule has 0 saturated carbocycles. The lowest BCUT2D eigenvalue weighted by Crippen LogP contribution is -2.39. The number of hydrogen-bond donors (Lipinski definition) is 0. The van der Waals surface area contributed by atoms with E-state index in [1.807, 2.05) is 35.2 Å². The molecule has 0 spiro atoms. The summed E-state index contributed by atoms with van der Waals surface area (Å²) in [7, 11) is 0. The average molecular weight is 496 g/mol. The molecule has 1 amide bonds. The maximum atomic E-state index is 13.6. The largest absolute Gasteiger partial charge is 0.302 e. The molecule has 0 atom stereocenters. The molecule has 160 valence electrons. The topological polar surface area (TPSA) is 36.4 Å². The zero-order chi connectivity index (χ0) is 21.8. The first-order chi connectivity index (χ1) is 15.1. The van der Waals surface area contributed by atoms with E-state index in [0.717, 1.165) is 55.8 Å². The number of hydrogen-bond acceptors (Lipinski definition) is 4. The maximum Gasteiger partial charge on any atom is 0.233 e. The van der Waals surface area contributed by atoms with Crippen molar-refractivity contribution < 1.29 is 4.79 Å². The van der Waals surface area contributed by atoms with Gasteiger partial charge >= 0.3 is 0 Å². The third-order valence-corrected chi connectivity index (χ3v) is 7.16. The highest BCUT2D eigenvalue weighted by atomic mass is 79.9. The standard InChI is InChI=1S/C25H26BrN3OS/c1-3-28(4-2)14-15-29(25-27-22-13-12-20(26)17-23(22)31-25)24(30)16-19-10-7-9-18-8-5-6-11-21(18)19/h5-13,17H,3-4,14-16H2,1-2H3. The smallest absolute Gasteiger partial charge is 0.233 e. The maximum absolute atomic E-state index is 13.6. The van der Waals surface area contributed by atoms with Gasteiger partial charge in [-0.15, -0.1) is 0 Å². The third-order valence-electron chi connectivity index (χ3n) is 5.63. The van der Waals surface area contributed by atoms with Crippen LogP contribution in [0.2, 0.25) is 0 Å². The van der Waals surface area contributed by atoms with Crippen LogP contribution in [0.4, 0.5) is 5.13 Å². The minimum atomic E-state index is 0.0848. The van der Waals surface area contributed by atoms with E-state index in [9.17, 15) is 4.79 Å². The number of halogens is 1. The van der Waals surface area contributed by atoms with Crippen LogP contribution in [0.3, 0.4) is 0 Å². The van der Waals surface area contributed by atoms with Crippen molar-refractivity contribution in [1.82, 2.24) is 9.88 Å². The van der Waals surface area contributed by atoms with Crippen molar-refractivity contribution in [2.24, 2.45) is 0 Å². The summed E-state index contributed by atoms with van der Waals surface area (Å²) in [4.78, 5) is 22.6. The number of rotatable bonds is 8. The highest BCUT2D eigenvalue weighted by Gasteiger charge is 2.21. The Balaban J connectivity index is 1.66. The second-order valence-electron chi connectivity index (χ2n) is 7.50. The van der Waals surface area contributed by atoms with E-state index in [-0.39, 0.29) is 5.91 Å². The Hall–Kier alpha value is -2.28. The van der Waals surface area contributed by atoms with Gasteiger partial charge in [0.25, 0.3) is 0 Å². The van der Waals surface area contributed by atoms with Gasteiger partial charge in [0.15, 0.2) is 5.13 Å². The van der Waals surface area contributed by atoms with Crippen LogP contribution in [-0.4, -0.2) is 42.0 Å². The second kappa shape index (κ2) is 9.90. The average Bonchev–Trinajstić information content (AvgIpc) is 3.19. The zero-order valence-corrected chi connectivity index (χ0v) is 20.2. The Morgan fingerprint density at radius 3 is 2.58 bits per heavy atom. The van der Waals surface area contributed by atoms with Gasteiger partial charge in [-0.05, 0) is 47.6 Å². The van der Waals surface area contributed by atoms with Gasteiger partial charge in [0, 0.05) is 17.6 Å². The van der Waals surface area contributed by atoms with Crippen molar-refractivity contribution in [2.45, 2.75) is 20.3 Å². The highest BCUT2D eigenvalue weighted by Crippen LogP contribution is 2.31. The lowest BCUT2D eigenvalue weighted by atomic mass is 10.0. The van der Waals surface area contributed by atoms with Gasteiger partial charge in [0.05, 0.1) is 16.6 Å². The fourth-order valence-electron chi connectivity index (χ4n) is 3.82. The molecule has 0 fully saturated rings. The van der Waals surface area contributed by atoms with Crippen LogP contribution in [0.5, 0.6) is 0 Å². The van der Waals surface area contributed by atoms with Crippen LogP contribution < -0.4 is 4.90 Å². The van der Waals surface area contributed by atoms with E-state index in [1.54, 1.807) is 11.3 Å². The lowest BCUT2D eigenvalue weighted by Gasteiger charge is -2.25. The molecule has 0 saturated heterocycles. The molecule has 0 aliphatic heterocycles. The molecule has 1 aromatic heterocycles. The molecule has 1 heterocycles. The number of nitrogens with zero attached hydrogens (tertiary/aromatic N) is 3. The van der Waals surface area contributed by atoms with Gasteiger partial charge in [-0.25, -0.2) is 4.98 Å². The molecule has 0 unspecified atom stereocenters. The van der Waals surface area contributed by atoms with E-state index >= 15 is 0 Å². The minimum Gasteiger partial charge on any atom is -0.302 e. The van der Waals surface area contributed by atoms with Crippen LogP contribution in [-0.2, 0) is 11.2 Å². The summed E-state index contributed by atoms with van der Waals surface area (Å²) in [5, 5.41) is 3.06. The summed E-state index contributed by atoms with van der Waals surface area (Å²) in [6, 6.07) is 20.5. The Bertz CT molecular complexity index is 1200. The number of benzene rings is 3. The van der Waals surface area contributed by atoms with E-state index < -0.39 is 0 Å². The molecule has 3 aromatic carbocycles. The van der Waals surface area contributed by atoms with Crippen molar-refractivity contribution >= 4 is 59.3 Å². The van der Waals surface area contributed by atoms with Crippen molar-refractivity contribution in [3.05, 3.63) is 70.7 Å². The molecule has 6 heteroatoms. The Labute approximate surface area is 195 Å². The van der Waals surface area contributed by atoms with E-state index in [2.05, 4.69) is 65.0 Å². The monoisotopic (exact) mass is 495 g/mol. The minimum absolute atomic E-state index is 0.0848. The molecule has 0 radical (unpaired) electrons. The van der Waals surface area contributed by atoms with Gasteiger partial charge in [0.1, 0.15) is 0 Å². The van der Waals surface area contributed by atoms with Crippen LogP contribution in [0.1, 0.15) is 19.4 Å². The number of carbonyl (C=O) groups is 1. The Morgan fingerprint density at radius 2 is 1.77 bits per heavy atom. The quantitative estimate of drug-likeness (QED) is 0.295. The van der Waals surface area contributed by atoms with Gasteiger partial charge in [-0.1, -0.05) is 83.6 Å². The Kier molecular flexibility index (Phi) is 7.00. The molecule has 0 N–H and O–H groups in total. The predicted molar refractivity (Wildman–Crippen MR) is 135 cm³/mol. The second-order valence-corrected chi connectivity index (χ2v) is 9.42. The Morgan fingerprint density at radius 1 is 1.00 bits per heavy atom. The number of fused-ring (bicyclic) bond motifs is 2. The molecule has 0 aliphatic rings. The first-order valence-electron chi connectivity index (χ1n) is 10.6. The van der Waals surface area contributed by atoms with Crippen molar-refractivity contribution in [3.63, 3.8) is 0 Å². The fraction of sp³-hybridized carbons (Fsp3) is 0.280. The van der Waals surface area contributed by atoms with Crippen molar-refractivity contribution in [1.29, 1.82) is 0 Å². The van der Waals surface area contributed by atoms with Crippen LogP contribution >= 0.6 is 27.3 Å². The van der Waals surface area contributed by atoms with Gasteiger partial charge in [-0.2, -0.15) is 0 Å². The molecular formula is C25H26BrN3OS. The molecular weight excluding hydrogens is 470 g/mol. The summed E-state index contributed by atoms with van der Waals surface area (Å²) in [5.41, 5.74) is 1.98. The van der Waals surface area contributed by atoms with Crippen LogP contribution in [0.25, 0.3) is 21.0 Å². The summed E-state index contributed by atoms with van der Waals surface area (Å²) in [6.07, 6.45) is 0.360. The van der Waals surface area contributed by atoms with Crippen molar-refractivity contribution in [2.75, 3.05) is 31.1 Å². The number of carbonyl (C=O) groups excluding carboxylic acids is 1. The molecule has 4 nitrogen and oxygen atoms in total. The normalized spacial score (nSPS) is 11.5.